The number of benzene rings is 2. The molecule has 2 fully saturated rings. The van der Waals surface area contributed by atoms with Crippen LogP contribution in [-0.2, 0) is 14.8 Å². The highest BCUT2D eigenvalue weighted by atomic mass is 32.2. The van der Waals surface area contributed by atoms with Crippen LogP contribution in [0, 0.1) is 0 Å². The Bertz CT molecular complexity index is 1230. The molecule has 7 nitrogen and oxygen atoms in total. The molecule has 3 heterocycles. The summed E-state index contributed by atoms with van der Waals surface area (Å²) in [5.41, 5.74) is 1.18. The number of rotatable bonds is 6. The molecule has 34 heavy (non-hydrogen) atoms. The Balaban J connectivity index is 1.47. The van der Waals surface area contributed by atoms with Gasteiger partial charge in [0.25, 0.3) is 5.91 Å². The van der Waals surface area contributed by atoms with Crippen LogP contribution in [0.25, 0.3) is 10.2 Å². The van der Waals surface area contributed by atoms with Gasteiger partial charge in [-0.1, -0.05) is 42.4 Å². The summed E-state index contributed by atoms with van der Waals surface area (Å²) in [6.45, 7) is 2.13. The lowest BCUT2D eigenvalue weighted by molar-refractivity contribution is 0.0917. The van der Waals surface area contributed by atoms with E-state index in [0.717, 1.165) is 48.7 Å². The second-order valence-electron chi connectivity index (χ2n) is 8.86. The summed E-state index contributed by atoms with van der Waals surface area (Å²) in [4.78, 5) is 20.3. The molecule has 2 aromatic carbocycles. The van der Waals surface area contributed by atoms with Crippen LogP contribution in [0.1, 0.15) is 48.9 Å². The average Bonchev–Trinajstić information content (AvgIpc) is 3.44. The molecular formula is C25H29N3O4S2. The zero-order chi connectivity index (χ0) is 23.5. The van der Waals surface area contributed by atoms with Gasteiger partial charge in [-0.05, 0) is 56.0 Å². The van der Waals surface area contributed by atoms with Crippen molar-refractivity contribution in [3.63, 3.8) is 0 Å². The van der Waals surface area contributed by atoms with Crippen LogP contribution in [-0.4, -0.2) is 56.0 Å². The molecule has 1 aromatic heterocycles. The molecule has 0 spiro atoms. The largest absolute Gasteiger partial charge is 0.376 e. The number of fused-ring (bicyclic) bond motifs is 1. The van der Waals surface area contributed by atoms with Gasteiger partial charge < -0.3 is 4.74 Å². The monoisotopic (exact) mass is 499 g/mol. The first-order chi connectivity index (χ1) is 16.5. The Morgan fingerprint density at radius 1 is 1.06 bits per heavy atom. The fourth-order valence-electron chi connectivity index (χ4n) is 4.59. The lowest BCUT2D eigenvalue weighted by atomic mass is 10.2. The van der Waals surface area contributed by atoms with E-state index < -0.39 is 10.0 Å². The molecule has 9 heteroatoms. The standard InChI is InChI=1S/C25H29N3O4S2/c29-24(19-9-7-11-21(17-19)34(30,31)27-14-5-1-2-6-15-27)28(18-20-10-8-16-32-20)25-26-22-12-3-4-13-23(22)33-25/h3-4,7,9,11-13,17,20H,1-2,5-6,8,10,14-16,18H2/t20-/m0/s1. The third kappa shape index (κ3) is 4.88. The number of nitrogens with zero attached hydrogens (tertiary/aromatic N) is 3. The lowest BCUT2D eigenvalue weighted by Crippen LogP contribution is -2.37. The van der Waals surface area contributed by atoms with E-state index in [2.05, 4.69) is 0 Å². The normalized spacial score (nSPS) is 19.8. The average molecular weight is 500 g/mol. The van der Waals surface area contributed by atoms with Gasteiger partial charge in [0.15, 0.2) is 5.13 Å². The molecular weight excluding hydrogens is 470 g/mol. The predicted octanol–water partition coefficient (Wildman–Crippen LogP) is 4.69. The van der Waals surface area contributed by atoms with E-state index in [4.69, 9.17) is 9.72 Å². The Hall–Kier alpha value is -2.33. The van der Waals surface area contributed by atoms with Gasteiger partial charge in [-0.3, -0.25) is 9.69 Å². The zero-order valence-corrected chi connectivity index (χ0v) is 20.7. The molecule has 2 aliphatic heterocycles. The van der Waals surface area contributed by atoms with Crippen molar-refractivity contribution in [3.05, 3.63) is 54.1 Å². The maximum atomic E-state index is 13.7. The van der Waals surface area contributed by atoms with Crippen molar-refractivity contribution in [2.45, 2.75) is 49.5 Å². The van der Waals surface area contributed by atoms with Gasteiger partial charge in [-0.2, -0.15) is 4.31 Å². The summed E-state index contributed by atoms with van der Waals surface area (Å²) >= 11 is 1.46. The smallest absolute Gasteiger partial charge is 0.260 e. The fourth-order valence-corrected chi connectivity index (χ4v) is 7.13. The van der Waals surface area contributed by atoms with Crippen LogP contribution in [0.4, 0.5) is 5.13 Å². The molecule has 0 N–H and O–H groups in total. The van der Waals surface area contributed by atoms with E-state index >= 15 is 0 Å². The molecule has 2 aliphatic rings. The summed E-state index contributed by atoms with van der Waals surface area (Å²) in [5.74, 6) is -0.262. The van der Waals surface area contributed by atoms with E-state index in [-0.39, 0.29) is 16.9 Å². The van der Waals surface area contributed by atoms with Crippen LogP contribution in [0.5, 0.6) is 0 Å². The second-order valence-corrected chi connectivity index (χ2v) is 11.8. The van der Waals surface area contributed by atoms with E-state index in [9.17, 15) is 13.2 Å². The van der Waals surface area contributed by atoms with Crippen molar-refractivity contribution >= 4 is 42.6 Å². The van der Waals surface area contributed by atoms with Gasteiger partial charge in [-0.15, -0.1) is 0 Å². The Morgan fingerprint density at radius 3 is 2.59 bits per heavy atom. The molecule has 5 rings (SSSR count). The van der Waals surface area contributed by atoms with E-state index in [1.165, 1.54) is 17.4 Å². The number of carbonyl (C=O) groups is 1. The number of para-hydroxylation sites is 1. The van der Waals surface area contributed by atoms with Gasteiger partial charge in [-0.25, -0.2) is 13.4 Å². The number of sulfonamides is 1. The van der Waals surface area contributed by atoms with Gasteiger partial charge in [0.1, 0.15) is 0 Å². The topological polar surface area (TPSA) is 79.8 Å². The van der Waals surface area contributed by atoms with Gasteiger partial charge >= 0.3 is 0 Å². The number of amides is 1. The minimum absolute atomic E-state index is 0.0556. The van der Waals surface area contributed by atoms with Crippen molar-refractivity contribution in [3.8, 4) is 0 Å². The first-order valence-corrected chi connectivity index (χ1v) is 14.2. The summed E-state index contributed by atoms with van der Waals surface area (Å²) in [6, 6.07) is 14.2. The molecule has 0 radical (unpaired) electrons. The van der Waals surface area contributed by atoms with E-state index in [1.54, 1.807) is 27.4 Å². The number of hydrogen-bond acceptors (Lipinski definition) is 6. The minimum Gasteiger partial charge on any atom is -0.376 e. The Labute approximate surface area is 204 Å². The summed E-state index contributed by atoms with van der Waals surface area (Å²) in [7, 11) is -3.65. The van der Waals surface area contributed by atoms with Crippen LogP contribution in [0.3, 0.4) is 0 Å². The van der Waals surface area contributed by atoms with Crippen molar-refractivity contribution < 1.29 is 17.9 Å². The molecule has 2 saturated heterocycles. The third-order valence-electron chi connectivity index (χ3n) is 6.45. The summed E-state index contributed by atoms with van der Waals surface area (Å²) in [6.07, 6.45) is 5.62. The quantitative estimate of drug-likeness (QED) is 0.492. The number of ether oxygens (including phenoxy) is 1. The minimum atomic E-state index is -3.65. The van der Waals surface area contributed by atoms with Gasteiger partial charge in [0, 0.05) is 25.3 Å². The van der Waals surface area contributed by atoms with Crippen molar-refractivity contribution in [2.75, 3.05) is 31.1 Å². The molecule has 1 amide bonds. The maximum absolute atomic E-state index is 13.7. The van der Waals surface area contributed by atoms with Crippen LogP contribution >= 0.6 is 11.3 Å². The highest BCUT2D eigenvalue weighted by Gasteiger charge is 2.29. The number of anilines is 1. The highest BCUT2D eigenvalue weighted by molar-refractivity contribution is 7.89. The lowest BCUT2D eigenvalue weighted by Gasteiger charge is -2.24. The highest BCUT2D eigenvalue weighted by Crippen LogP contribution is 2.31. The van der Waals surface area contributed by atoms with E-state index in [1.807, 2.05) is 24.3 Å². The maximum Gasteiger partial charge on any atom is 0.260 e. The molecule has 0 unspecified atom stereocenters. The number of hydrogen-bond donors (Lipinski definition) is 0. The van der Waals surface area contributed by atoms with E-state index in [0.29, 0.717) is 36.9 Å². The van der Waals surface area contributed by atoms with Crippen LogP contribution in [0.15, 0.2) is 53.4 Å². The Morgan fingerprint density at radius 2 is 1.85 bits per heavy atom. The van der Waals surface area contributed by atoms with Crippen molar-refractivity contribution in [1.29, 1.82) is 0 Å². The SMILES string of the molecule is O=C(c1cccc(S(=O)(=O)N2CCCCCC2)c1)N(C[C@@H]1CCCO1)c1nc2ccccc2s1. The number of aromatic nitrogens is 1. The molecule has 3 aromatic rings. The molecule has 1 atom stereocenters. The first-order valence-electron chi connectivity index (χ1n) is 11.9. The van der Waals surface area contributed by atoms with Crippen LogP contribution in [0.2, 0.25) is 0 Å². The predicted molar refractivity (Wildman–Crippen MR) is 134 cm³/mol. The second kappa shape index (κ2) is 10.1. The van der Waals surface area contributed by atoms with Crippen LogP contribution < -0.4 is 4.90 Å². The molecule has 0 saturated carbocycles. The van der Waals surface area contributed by atoms with Crippen molar-refractivity contribution in [2.24, 2.45) is 0 Å². The third-order valence-corrected chi connectivity index (χ3v) is 9.41. The first kappa shape index (κ1) is 23.4. The van der Waals surface area contributed by atoms with Gasteiger partial charge in [0.05, 0.1) is 27.8 Å². The number of carbonyl (C=O) groups excluding carboxylic acids is 1. The van der Waals surface area contributed by atoms with Gasteiger partial charge in [0.2, 0.25) is 10.0 Å². The summed E-state index contributed by atoms with van der Waals surface area (Å²) in [5, 5.41) is 0.600. The molecule has 180 valence electrons. The van der Waals surface area contributed by atoms with Crippen molar-refractivity contribution in [1.82, 2.24) is 9.29 Å². The Kier molecular flexibility index (Phi) is 6.96. The summed E-state index contributed by atoms with van der Waals surface area (Å²) < 4.78 is 35.0. The zero-order valence-electron chi connectivity index (χ0n) is 19.1. The molecule has 0 aliphatic carbocycles. The fraction of sp³-hybridized carbons (Fsp3) is 0.440. The number of thiazole rings is 1. The molecule has 0 bridgehead atoms.